The molecule has 0 aromatic heterocycles. The Kier molecular flexibility index (Phi) is 3.50. The number of hydrogen-bond donors (Lipinski definition) is 1. The van der Waals surface area contributed by atoms with E-state index in [1.54, 1.807) is 0 Å². The number of ether oxygens (including phenoxy) is 2. The van der Waals surface area contributed by atoms with Crippen LogP contribution in [0, 0.1) is 6.92 Å². The maximum Gasteiger partial charge on any atom is 0.142 e. The third kappa shape index (κ3) is 2.57. The molecule has 1 aliphatic heterocycles. The van der Waals surface area contributed by atoms with Crippen LogP contribution in [0.1, 0.15) is 24.1 Å². The van der Waals surface area contributed by atoms with Crippen molar-refractivity contribution in [3.63, 3.8) is 0 Å². The quantitative estimate of drug-likeness (QED) is 0.915. The van der Waals surface area contributed by atoms with Gasteiger partial charge in [-0.25, -0.2) is 0 Å². The molecule has 3 nitrogen and oxygen atoms in total. The second-order valence-corrected chi connectivity index (χ2v) is 5.01. The van der Waals surface area contributed by atoms with Gasteiger partial charge in [0, 0.05) is 0 Å². The number of aryl methyl sites for hydroxylation is 1. The highest BCUT2D eigenvalue weighted by Crippen LogP contribution is 2.34. The van der Waals surface area contributed by atoms with Crippen molar-refractivity contribution >= 4 is 5.69 Å². The molecule has 0 spiro atoms. The summed E-state index contributed by atoms with van der Waals surface area (Å²) in [6.45, 7) is 5.40. The van der Waals surface area contributed by atoms with Crippen molar-refractivity contribution in [1.29, 1.82) is 0 Å². The molecule has 104 valence electrons. The minimum Gasteiger partial charge on any atom is -0.494 e. The summed E-state index contributed by atoms with van der Waals surface area (Å²) in [7, 11) is 0. The van der Waals surface area contributed by atoms with Gasteiger partial charge in [-0.2, -0.15) is 0 Å². The molecule has 2 aromatic carbocycles. The standard InChI is InChI=1S/C17H19NO2/c1-3-19-14-7-5-13(6-8-14)16-11-20-17-10-12(2)4-9-15(17)18-16/h4-10,16,18H,3,11H2,1-2H3/t16-/m0/s1. The molecular formula is C17H19NO2. The normalized spacial score (nSPS) is 16.8. The first-order valence-electron chi connectivity index (χ1n) is 6.99. The van der Waals surface area contributed by atoms with Crippen molar-refractivity contribution in [2.24, 2.45) is 0 Å². The Morgan fingerprint density at radius 2 is 2.00 bits per heavy atom. The zero-order chi connectivity index (χ0) is 13.9. The maximum atomic E-state index is 5.86. The molecule has 0 unspecified atom stereocenters. The van der Waals surface area contributed by atoms with Crippen molar-refractivity contribution in [3.8, 4) is 11.5 Å². The van der Waals surface area contributed by atoms with Crippen LogP contribution in [0.25, 0.3) is 0 Å². The molecule has 1 atom stereocenters. The Hall–Kier alpha value is -2.16. The van der Waals surface area contributed by atoms with Crippen LogP contribution in [0.3, 0.4) is 0 Å². The summed E-state index contributed by atoms with van der Waals surface area (Å²) in [5.74, 6) is 1.84. The Balaban J connectivity index is 1.77. The Morgan fingerprint density at radius 3 is 2.75 bits per heavy atom. The summed E-state index contributed by atoms with van der Waals surface area (Å²) in [6.07, 6.45) is 0. The molecule has 0 fully saturated rings. The van der Waals surface area contributed by atoms with Crippen LogP contribution >= 0.6 is 0 Å². The Bertz CT molecular complexity index is 592. The second kappa shape index (κ2) is 5.45. The van der Waals surface area contributed by atoms with Gasteiger partial charge in [0.25, 0.3) is 0 Å². The molecule has 1 aliphatic rings. The van der Waals surface area contributed by atoms with E-state index in [0.717, 1.165) is 17.2 Å². The molecule has 2 aromatic rings. The first kappa shape index (κ1) is 12.9. The van der Waals surface area contributed by atoms with Gasteiger partial charge >= 0.3 is 0 Å². The van der Waals surface area contributed by atoms with E-state index in [9.17, 15) is 0 Å². The van der Waals surface area contributed by atoms with Gasteiger partial charge < -0.3 is 14.8 Å². The summed E-state index contributed by atoms with van der Waals surface area (Å²) in [4.78, 5) is 0. The summed E-state index contributed by atoms with van der Waals surface area (Å²) in [6, 6.07) is 14.6. The van der Waals surface area contributed by atoms with Gasteiger partial charge in [0.2, 0.25) is 0 Å². The van der Waals surface area contributed by atoms with Gasteiger partial charge in [0.05, 0.1) is 18.3 Å². The average molecular weight is 269 g/mol. The third-order valence-corrected chi connectivity index (χ3v) is 3.47. The number of anilines is 1. The lowest BCUT2D eigenvalue weighted by molar-refractivity contribution is 0.286. The van der Waals surface area contributed by atoms with Gasteiger partial charge in [0.1, 0.15) is 18.1 Å². The summed E-state index contributed by atoms with van der Waals surface area (Å²) >= 11 is 0. The molecular weight excluding hydrogens is 250 g/mol. The molecule has 0 radical (unpaired) electrons. The van der Waals surface area contributed by atoms with Crippen LogP contribution in [0.4, 0.5) is 5.69 Å². The topological polar surface area (TPSA) is 30.5 Å². The molecule has 1 heterocycles. The lowest BCUT2D eigenvalue weighted by Crippen LogP contribution is -2.23. The molecule has 0 saturated carbocycles. The summed E-state index contributed by atoms with van der Waals surface area (Å²) in [5, 5.41) is 3.53. The van der Waals surface area contributed by atoms with E-state index in [2.05, 4.69) is 42.6 Å². The van der Waals surface area contributed by atoms with Crippen LogP contribution < -0.4 is 14.8 Å². The van der Waals surface area contributed by atoms with Crippen LogP contribution in [-0.4, -0.2) is 13.2 Å². The summed E-state index contributed by atoms with van der Waals surface area (Å²) < 4.78 is 11.3. The number of rotatable bonds is 3. The lowest BCUT2D eigenvalue weighted by Gasteiger charge is -2.28. The smallest absolute Gasteiger partial charge is 0.142 e. The van der Waals surface area contributed by atoms with Gasteiger partial charge in [0.15, 0.2) is 0 Å². The van der Waals surface area contributed by atoms with Crippen molar-refractivity contribution in [2.45, 2.75) is 19.9 Å². The molecule has 3 rings (SSSR count). The van der Waals surface area contributed by atoms with E-state index in [0.29, 0.717) is 13.2 Å². The number of nitrogens with one attached hydrogen (secondary N) is 1. The minimum atomic E-state index is 0.181. The lowest BCUT2D eigenvalue weighted by atomic mass is 10.0. The highest BCUT2D eigenvalue weighted by Gasteiger charge is 2.20. The highest BCUT2D eigenvalue weighted by molar-refractivity contribution is 5.60. The van der Waals surface area contributed by atoms with Gasteiger partial charge in [-0.1, -0.05) is 18.2 Å². The van der Waals surface area contributed by atoms with Crippen LogP contribution in [0.15, 0.2) is 42.5 Å². The molecule has 3 heteroatoms. The Morgan fingerprint density at radius 1 is 1.20 bits per heavy atom. The first-order valence-corrected chi connectivity index (χ1v) is 6.99. The van der Waals surface area contributed by atoms with E-state index in [1.807, 2.05) is 19.1 Å². The Labute approximate surface area is 119 Å². The molecule has 0 aliphatic carbocycles. The predicted molar refractivity (Wildman–Crippen MR) is 80.6 cm³/mol. The van der Waals surface area contributed by atoms with Gasteiger partial charge in [-0.05, 0) is 49.2 Å². The largest absolute Gasteiger partial charge is 0.494 e. The van der Waals surface area contributed by atoms with Gasteiger partial charge in [-0.15, -0.1) is 0 Å². The van der Waals surface area contributed by atoms with Crippen molar-refractivity contribution in [1.82, 2.24) is 0 Å². The molecule has 0 amide bonds. The van der Waals surface area contributed by atoms with Gasteiger partial charge in [-0.3, -0.25) is 0 Å². The number of benzene rings is 2. The fourth-order valence-electron chi connectivity index (χ4n) is 2.41. The van der Waals surface area contributed by atoms with E-state index < -0.39 is 0 Å². The van der Waals surface area contributed by atoms with Crippen LogP contribution in [-0.2, 0) is 0 Å². The monoisotopic (exact) mass is 269 g/mol. The zero-order valence-corrected chi connectivity index (χ0v) is 11.8. The minimum absolute atomic E-state index is 0.181. The van der Waals surface area contributed by atoms with Crippen LogP contribution in [0.5, 0.6) is 11.5 Å². The molecule has 0 saturated heterocycles. The fourth-order valence-corrected chi connectivity index (χ4v) is 2.41. The maximum absolute atomic E-state index is 5.86. The predicted octanol–water partition coefficient (Wildman–Crippen LogP) is 3.94. The zero-order valence-electron chi connectivity index (χ0n) is 11.8. The molecule has 0 bridgehead atoms. The van der Waals surface area contributed by atoms with E-state index >= 15 is 0 Å². The molecule has 1 N–H and O–H groups in total. The van der Waals surface area contributed by atoms with Crippen molar-refractivity contribution in [2.75, 3.05) is 18.5 Å². The average Bonchev–Trinajstić information content (AvgIpc) is 2.48. The van der Waals surface area contributed by atoms with E-state index in [4.69, 9.17) is 9.47 Å². The third-order valence-electron chi connectivity index (χ3n) is 3.47. The van der Waals surface area contributed by atoms with Crippen molar-refractivity contribution < 1.29 is 9.47 Å². The first-order chi connectivity index (χ1) is 9.76. The van der Waals surface area contributed by atoms with Crippen LogP contribution in [0.2, 0.25) is 0 Å². The van der Waals surface area contributed by atoms with Crippen molar-refractivity contribution in [3.05, 3.63) is 53.6 Å². The van der Waals surface area contributed by atoms with E-state index in [1.165, 1.54) is 11.1 Å². The summed E-state index contributed by atoms with van der Waals surface area (Å²) in [5.41, 5.74) is 3.48. The number of hydrogen-bond acceptors (Lipinski definition) is 3. The number of fused-ring (bicyclic) bond motifs is 1. The fraction of sp³-hybridized carbons (Fsp3) is 0.294. The molecule has 20 heavy (non-hydrogen) atoms. The van der Waals surface area contributed by atoms with E-state index in [-0.39, 0.29) is 6.04 Å². The second-order valence-electron chi connectivity index (χ2n) is 5.01. The highest BCUT2D eigenvalue weighted by atomic mass is 16.5. The SMILES string of the molecule is CCOc1ccc([C@@H]2COc3cc(C)ccc3N2)cc1.